The number of hydrogen-bond donors (Lipinski definition) is 2. The van der Waals surface area contributed by atoms with Gasteiger partial charge in [0.1, 0.15) is 0 Å². The van der Waals surface area contributed by atoms with Gasteiger partial charge in [-0.15, -0.1) is 0 Å². The monoisotopic (exact) mass is 404 g/mol. The molecule has 4 rings (SSSR count). The van der Waals surface area contributed by atoms with Crippen molar-refractivity contribution in [2.45, 2.75) is 12.5 Å². The predicted molar refractivity (Wildman–Crippen MR) is 116 cm³/mol. The quantitative estimate of drug-likeness (QED) is 0.670. The van der Waals surface area contributed by atoms with E-state index in [9.17, 15) is 9.59 Å². The fourth-order valence-electron chi connectivity index (χ4n) is 3.70. The number of nitrogens with zero attached hydrogens (tertiary/aromatic N) is 4. The van der Waals surface area contributed by atoms with Crippen molar-refractivity contribution in [1.82, 2.24) is 20.2 Å². The van der Waals surface area contributed by atoms with Crippen LogP contribution in [0.5, 0.6) is 0 Å². The lowest BCUT2D eigenvalue weighted by atomic mass is 10.1. The van der Waals surface area contributed by atoms with E-state index in [1.54, 1.807) is 17.3 Å². The molecule has 1 saturated heterocycles. The molecule has 3 aromatic rings. The molecule has 3 N–H and O–H groups in total. The highest BCUT2D eigenvalue weighted by molar-refractivity contribution is 6.06. The van der Waals surface area contributed by atoms with Gasteiger partial charge in [-0.1, -0.05) is 18.2 Å². The number of carbonyl (C=O) groups excluding carboxylic acids is 2. The molecule has 1 unspecified atom stereocenters. The molecule has 1 aliphatic rings. The number of nitrogens with one attached hydrogen (secondary N) is 1. The van der Waals surface area contributed by atoms with E-state index in [4.69, 9.17) is 5.73 Å². The zero-order valence-corrected chi connectivity index (χ0v) is 16.8. The minimum Gasteiger partial charge on any atom is -0.397 e. The Morgan fingerprint density at radius 1 is 1.23 bits per heavy atom. The van der Waals surface area contributed by atoms with Crippen LogP contribution < -0.4 is 16.0 Å². The highest BCUT2D eigenvalue weighted by Crippen LogP contribution is 2.23. The second kappa shape index (κ2) is 8.36. The Labute approximate surface area is 174 Å². The third-order valence-corrected chi connectivity index (χ3v) is 5.41. The first-order valence-electron chi connectivity index (χ1n) is 9.86. The first kappa shape index (κ1) is 19.6. The molecule has 154 valence electrons. The smallest absolute Gasteiger partial charge is 0.255 e. The van der Waals surface area contributed by atoms with Crippen molar-refractivity contribution in [1.29, 1.82) is 0 Å². The summed E-state index contributed by atoms with van der Waals surface area (Å²) < 4.78 is 0. The summed E-state index contributed by atoms with van der Waals surface area (Å²) in [6, 6.07) is 11.1. The predicted octanol–water partition coefficient (Wildman–Crippen LogP) is 1.68. The first-order chi connectivity index (χ1) is 14.5. The standard InChI is InChI=1S/C22H24N6O2/c1-27(16-6-9-24-10-7-16)14-20(29)28-11-8-15(13-28)26-22(30)18-12-25-19-5-3-2-4-17(19)21(18)23/h2-7,9-10,12,15H,8,11,13-14H2,1H3,(H2,23,25)(H,26,30). The lowest BCUT2D eigenvalue weighted by Gasteiger charge is -2.23. The number of pyridine rings is 2. The normalized spacial score (nSPS) is 15.9. The number of likely N-dealkylation sites (tertiary alicyclic amines) is 1. The number of amides is 2. The van der Waals surface area contributed by atoms with Gasteiger partial charge >= 0.3 is 0 Å². The molecule has 3 heterocycles. The molecule has 0 spiro atoms. The van der Waals surface area contributed by atoms with Gasteiger partial charge in [0, 0.05) is 55.8 Å². The van der Waals surface area contributed by atoms with Gasteiger partial charge in [-0.3, -0.25) is 19.6 Å². The lowest BCUT2D eigenvalue weighted by molar-refractivity contribution is -0.128. The number of hydrogen-bond acceptors (Lipinski definition) is 6. The molecule has 1 fully saturated rings. The zero-order chi connectivity index (χ0) is 21.1. The Morgan fingerprint density at radius 3 is 2.80 bits per heavy atom. The van der Waals surface area contributed by atoms with Crippen LogP contribution in [-0.2, 0) is 4.79 Å². The fourth-order valence-corrected chi connectivity index (χ4v) is 3.70. The van der Waals surface area contributed by atoms with Crippen LogP contribution in [0, 0.1) is 0 Å². The molecule has 2 amide bonds. The molecule has 1 aliphatic heterocycles. The van der Waals surface area contributed by atoms with E-state index < -0.39 is 0 Å². The molecule has 0 radical (unpaired) electrons. The average Bonchev–Trinajstić information content (AvgIpc) is 3.23. The second-order valence-electron chi connectivity index (χ2n) is 7.46. The Hall–Kier alpha value is -3.68. The SMILES string of the molecule is CN(CC(=O)N1CCC(NC(=O)c2cnc3ccccc3c2N)C1)c1ccncc1. The number of carbonyl (C=O) groups is 2. The Balaban J connectivity index is 1.36. The fraction of sp³-hybridized carbons (Fsp3) is 0.273. The number of para-hydroxylation sites is 1. The average molecular weight is 404 g/mol. The van der Waals surface area contributed by atoms with Crippen LogP contribution in [0.4, 0.5) is 11.4 Å². The number of likely N-dealkylation sites (N-methyl/N-ethyl adjacent to an activating group) is 1. The maximum atomic E-state index is 12.8. The maximum absolute atomic E-state index is 12.8. The van der Waals surface area contributed by atoms with Gasteiger partial charge in [-0.25, -0.2) is 0 Å². The number of benzene rings is 1. The van der Waals surface area contributed by atoms with E-state index >= 15 is 0 Å². The van der Waals surface area contributed by atoms with Crippen molar-refractivity contribution in [2.24, 2.45) is 0 Å². The van der Waals surface area contributed by atoms with Crippen LogP contribution in [0.1, 0.15) is 16.8 Å². The van der Waals surface area contributed by atoms with Crippen molar-refractivity contribution in [3.8, 4) is 0 Å². The number of rotatable bonds is 5. The topological polar surface area (TPSA) is 104 Å². The molecule has 8 heteroatoms. The first-order valence-corrected chi connectivity index (χ1v) is 9.86. The molecule has 0 aliphatic carbocycles. The van der Waals surface area contributed by atoms with Crippen LogP contribution in [0.2, 0.25) is 0 Å². The summed E-state index contributed by atoms with van der Waals surface area (Å²) in [5.74, 6) is -0.239. The van der Waals surface area contributed by atoms with Crippen molar-refractivity contribution in [3.63, 3.8) is 0 Å². The van der Waals surface area contributed by atoms with Crippen LogP contribution in [-0.4, -0.2) is 59.4 Å². The van der Waals surface area contributed by atoms with Gasteiger partial charge in [0.15, 0.2) is 0 Å². The third-order valence-electron chi connectivity index (χ3n) is 5.41. The van der Waals surface area contributed by atoms with Gasteiger partial charge in [-0.2, -0.15) is 0 Å². The van der Waals surface area contributed by atoms with E-state index in [-0.39, 0.29) is 24.4 Å². The van der Waals surface area contributed by atoms with Crippen molar-refractivity contribution in [2.75, 3.05) is 37.3 Å². The molecular weight excluding hydrogens is 380 g/mol. The molecule has 0 saturated carbocycles. The number of nitrogens with two attached hydrogens (primary N) is 1. The number of nitrogen functional groups attached to an aromatic ring is 1. The Morgan fingerprint density at radius 2 is 2.00 bits per heavy atom. The molecule has 1 atom stereocenters. The van der Waals surface area contributed by atoms with Gasteiger partial charge in [0.05, 0.1) is 23.3 Å². The maximum Gasteiger partial charge on any atom is 0.255 e. The van der Waals surface area contributed by atoms with E-state index in [1.165, 1.54) is 6.20 Å². The minimum atomic E-state index is -0.265. The number of fused-ring (bicyclic) bond motifs is 1. The molecule has 8 nitrogen and oxygen atoms in total. The van der Waals surface area contributed by atoms with Gasteiger partial charge in [0.2, 0.25) is 5.91 Å². The van der Waals surface area contributed by atoms with Gasteiger partial charge in [0.25, 0.3) is 5.91 Å². The van der Waals surface area contributed by atoms with Crippen molar-refractivity contribution >= 4 is 34.1 Å². The summed E-state index contributed by atoms with van der Waals surface area (Å²) in [5.41, 5.74) is 8.67. The van der Waals surface area contributed by atoms with Crippen LogP contribution >= 0.6 is 0 Å². The summed E-state index contributed by atoms with van der Waals surface area (Å²) >= 11 is 0. The van der Waals surface area contributed by atoms with Crippen molar-refractivity contribution in [3.05, 3.63) is 60.6 Å². The summed E-state index contributed by atoms with van der Waals surface area (Å²) in [5, 5.41) is 3.75. The minimum absolute atomic E-state index is 0.0259. The molecule has 1 aromatic carbocycles. The largest absolute Gasteiger partial charge is 0.397 e. The lowest BCUT2D eigenvalue weighted by Crippen LogP contribution is -2.41. The van der Waals surface area contributed by atoms with Gasteiger partial charge in [-0.05, 0) is 24.6 Å². The molecular formula is C22H24N6O2. The van der Waals surface area contributed by atoms with E-state index in [2.05, 4.69) is 15.3 Å². The third kappa shape index (κ3) is 4.03. The number of anilines is 2. The van der Waals surface area contributed by atoms with Crippen LogP contribution in [0.3, 0.4) is 0 Å². The van der Waals surface area contributed by atoms with Crippen LogP contribution in [0.25, 0.3) is 10.9 Å². The molecule has 0 bridgehead atoms. The van der Waals surface area contributed by atoms with Gasteiger partial charge < -0.3 is 20.9 Å². The Bertz CT molecular complexity index is 1070. The van der Waals surface area contributed by atoms with E-state index in [0.717, 1.165) is 16.6 Å². The number of aromatic nitrogens is 2. The summed E-state index contributed by atoms with van der Waals surface area (Å²) in [6.45, 7) is 1.36. The molecule has 30 heavy (non-hydrogen) atoms. The Kier molecular flexibility index (Phi) is 5.47. The van der Waals surface area contributed by atoms with E-state index in [1.807, 2.05) is 48.3 Å². The zero-order valence-electron chi connectivity index (χ0n) is 16.8. The van der Waals surface area contributed by atoms with Crippen LogP contribution in [0.15, 0.2) is 55.0 Å². The summed E-state index contributed by atoms with van der Waals surface area (Å²) in [6.07, 6.45) is 5.61. The summed E-state index contributed by atoms with van der Waals surface area (Å²) in [4.78, 5) is 37.4. The van der Waals surface area contributed by atoms with E-state index in [0.29, 0.717) is 30.8 Å². The van der Waals surface area contributed by atoms with Crippen molar-refractivity contribution < 1.29 is 9.59 Å². The second-order valence-corrected chi connectivity index (χ2v) is 7.46. The highest BCUT2D eigenvalue weighted by atomic mass is 16.2. The summed E-state index contributed by atoms with van der Waals surface area (Å²) in [7, 11) is 1.87. The molecule has 2 aromatic heterocycles. The highest BCUT2D eigenvalue weighted by Gasteiger charge is 2.28.